The number of rotatable bonds is 5. The number of hydrogen-bond acceptors (Lipinski definition) is 6. The molecule has 2 aliphatic heterocycles. The average Bonchev–Trinajstić information content (AvgIpc) is 3.22. The summed E-state index contributed by atoms with van der Waals surface area (Å²) in [5.74, 6) is 0.935. The summed E-state index contributed by atoms with van der Waals surface area (Å²) in [6, 6.07) is 14.2. The van der Waals surface area contributed by atoms with E-state index in [4.69, 9.17) is 9.47 Å². The first-order valence-corrected chi connectivity index (χ1v) is 9.77. The van der Waals surface area contributed by atoms with Gasteiger partial charge < -0.3 is 14.8 Å². The summed E-state index contributed by atoms with van der Waals surface area (Å²) in [5.41, 5.74) is 4.15. The van der Waals surface area contributed by atoms with Gasteiger partial charge in [0.1, 0.15) is 6.04 Å². The van der Waals surface area contributed by atoms with E-state index in [0.717, 1.165) is 11.3 Å². The van der Waals surface area contributed by atoms with Crippen LogP contribution in [0.5, 0.6) is 11.5 Å². The summed E-state index contributed by atoms with van der Waals surface area (Å²) in [6.45, 7) is 6.33. The molecule has 2 aliphatic rings. The minimum atomic E-state index is -0.658. The summed E-state index contributed by atoms with van der Waals surface area (Å²) in [5, 5.41) is 4.28. The number of amides is 2. The van der Waals surface area contributed by atoms with E-state index in [-0.39, 0.29) is 29.9 Å². The van der Waals surface area contributed by atoms with E-state index in [0.29, 0.717) is 18.0 Å². The molecule has 1 atom stereocenters. The number of amidine groups is 1. The van der Waals surface area contributed by atoms with Crippen LogP contribution in [0.4, 0.5) is 5.69 Å². The van der Waals surface area contributed by atoms with Crippen molar-refractivity contribution >= 4 is 23.3 Å². The fourth-order valence-electron chi connectivity index (χ4n) is 3.31. The molecular formula is C22H24N4O4. The van der Waals surface area contributed by atoms with Crippen LogP contribution >= 0.6 is 0 Å². The highest BCUT2D eigenvalue weighted by atomic mass is 16.7. The number of anilines is 1. The Morgan fingerprint density at radius 3 is 2.70 bits per heavy atom. The number of hydrazine groups is 1. The van der Waals surface area contributed by atoms with Crippen LogP contribution in [0.25, 0.3) is 0 Å². The molecule has 2 heterocycles. The lowest BCUT2D eigenvalue weighted by Gasteiger charge is -2.31. The molecule has 8 heteroatoms. The van der Waals surface area contributed by atoms with Gasteiger partial charge in [-0.05, 0) is 36.8 Å². The molecule has 0 fully saturated rings. The van der Waals surface area contributed by atoms with Gasteiger partial charge >= 0.3 is 0 Å². The van der Waals surface area contributed by atoms with Gasteiger partial charge in [-0.1, -0.05) is 38.1 Å². The Labute approximate surface area is 174 Å². The quantitative estimate of drug-likeness (QED) is 0.791. The van der Waals surface area contributed by atoms with Crippen molar-refractivity contribution in [1.29, 1.82) is 0 Å². The molecule has 0 aromatic heterocycles. The number of nitrogens with zero attached hydrogens (tertiary/aromatic N) is 2. The van der Waals surface area contributed by atoms with Crippen molar-refractivity contribution in [3.05, 3.63) is 54.1 Å². The Hall–Kier alpha value is -3.55. The Bertz CT molecular complexity index is 1000. The molecule has 4 rings (SSSR count). The second-order valence-electron chi connectivity index (χ2n) is 7.91. The SMILES string of the molecule is C[C@@H]1N=C(C(=O)NCC(C)(C)c2ccc3c(c2)OCO3)NN(c2ccccc2)C1=O. The number of carbonyl (C=O) groups is 2. The van der Waals surface area contributed by atoms with Gasteiger partial charge in [0.2, 0.25) is 12.6 Å². The monoisotopic (exact) mass is 408 g/mol. The first-order chi connectivity index (χ1) is 14.3. The van der Waals surface area contributed by atoms with Gasteiger partial charge in [0.25, 0.3) is 11.8 Å². The maximum atomic E-state index is 12.8. The van der Waals surface area contributed by atoms with Crippen LogP contribution in [0, 0.1) is 0 Å². The summed E-state index contributed by atoms with van der Waals surface area (Å²) in [4.78, 5) is 29.5. The van der Waals surface area contributed by atoms with Crippen LogP contribution in [0.1, 0.15) is 26.3 Å². The summed E-state index contributed by atoms with van der Waals surface area (Å²) >= 11 is 0. The van der Waals surface area contributed by atoms with E-state index in [1.165, 1.54) is 5.01 Å². The fourth-order valence-corrected chi connectivity index (χ4v) is 3.31. The largest absolute Gasteiger partial charge is 0.454 e. The van der Waals surface area contributed by atoms with Crippen LogP contribution in [0.2, 0.25) is 0 Å². The van der Waals surface area contributed by atoms with E-state index < -0.39 is 6.04 Å². The minimum absolute atomic E-state index is 0.104. The van der Waals surface area contributed by atoms with Crippen molar-refractivity contribution in [3.63, 3.8) is 0 Å². The molecule has 2 amide bonds. The molecule has 8 nitrogen and oxygen atoms in total. The normalized spacial score (nSPS) is 18.0. The van der Waals surface area contributed by atoms with Crippen molar-refractivity contribution < 1.29 is 19.1 Å². The number of aliphatic imine (C=N–C) groups is 1. The molecule has 0 saturated heterocycles. The third kappa shape index (κ3) is 3.80. The molecule has 2 aromatic rings. The van der Waals surface area contributed by atoms with E-state index in [1.807, 2.05) is 50.2 Å². The van der Waals surface area contributed by atoms with Crippen LogP contribution in [0.15, 0.2) is 53.5 Å². The Morgan fingerprint density at radius 1 is 1.20 bits per heavy atom. The highest BCUT2D eigenvalue weighted by molar-refractivity contribution is 6.39. The average molecular weight is 408 g/mol. The minimum Gasteiger partial charge on any atom is -0.454 e. The highest BCUT2D eigenvalue weighted by Crippen LogP contribution is 2.36. The molecule has 156 valence electrons. The van der Waals surface area contributed by atoms with Gasteiger partial charge in [-0.25, -0.2) is 10.0 Å². The summed E-state index contributed by atoms with van der Waals surface area (Å²) in [6.07, 6.45) is 0. The first kappa shape index (κ1) is 19.8. The van der Waals surface area contributed by atoms with Crippen molar-refractivity contribution in [2.45, 2.75) is 32.2 Å². The van der Waals surface area contributed by atoms with Crippen LogP contribution in [0.3, 0.4) is 0 Å². The lowest BCUT2D eigenvalue weighted by molar-refractivity contribution is -0.120. The Balaban J connectivity index is 1.45. The molecule has 0 saturated carbocycles. The number of nitrogens with one attached hydrogen (secondary N) is 2. The van der Waals surface area contributed by atoms with Gasteiger partial charge in [0.15, 0.2) is 11.5 Å². The zero-order chi connectivity index (χ0) is 21.3. The zero-order valence-corrected chi connectivity index (χ0v) is 17.1. The molecule has 0 unspecified atom stereocenters. The van der Waals surface area contributed by atoms with Gasteiger partial charge in [0, 0.05) is 12.0 Å². The number of carbonyl (C=O) groups excluding carboxylic acids is 2. The Kier molecular flexibility index (Phi) is 5.07. The maximum absolute atomic E-state index is 12.8. The summed E-state index contributed by atoms with van der Waals surface area (Å²) in [7, 11) is 0. The van der Waals surface area contributed by atoms with Gasteiger partial charge in [-0.2, -0.15) is 0 Å². The van der Waals surface area contributed by atoms with Crippen molar-refractivity contribution in [3.8, 4) is 11.5 Å². The second-order valence-corrected chi connectivity index (χ2v) is 7.91. The van der Waals surface area contributed by atoms with E-state index in [2.05, 4.69) is 15.7 Å². The highest BCUT2D eigenvalue weighted by Gasteiger charge is 2.32. The Morgan fingerprint density at radius 2 is 1.93 bits per heavy atom. The number of benzene rings is 2. The smallest absolute Gasteiger partial charge is 0.288 e. The predicted octanol–water partition coefficient (Wildman–Crippen LogP) is 2.15. The molecular weight excluding hydrogens is 384 g/mol. The maximum Gasteiger partial charge on any atom is 0.288 e. The fraction of sp³-hybridized carbons (Fsp3) is 0.318. The predicted molar refractivity (Wildman–Crippen MR) is 113 cm³/mol. The van der Waals surface area contributed by atoms with E-state index >= 15 is 0 Å². The van der Waals surface area contributed by atoms with Gasteiger partial charge in [0.05, 0.1) is 5.69 Å². The van der Waals surface area contributed by atoms with E-state index in [1.54, 1.807) is 19.1 Å². The van der Waals surface area contributed by atoms with Crippen LogP contribution in [-0.2, 0) is 15.0 Å². The third-order valence-electron chi connectivity index (χ3n) is 5.19. The molecule has 2 N–H and O–H groups in total. The topological polar surface area (TPSA) is 92.3 Å². The number of ether oxygens (including phenoxy) is 2. The zero-order valence-electron chi connectivity index (χ0n) is 17.1. The van der Waals surface area contributed by atoms with Crippen LogP contribution < -0.4 is 25.2 Å². The number of fused-ring (bicyclic) bond motifs is 1. The van der Waals surface area contributed by atoms with Gasteiger partial charge in [-0.3, -0.25) is 15.0 Å². The van der Waals surface area contributed by atoms with Crippen molar-refractivity contribution in [2.24, 2.45) is 4.99 Å². The first-order valence-electron chi connectivity index (χ1n) is 9.77. The number of hydrogen-bond donors (Lipinski definition) is 2. The lowest BCUT2D eigenvalue weighted by atomic mass is 9.84. The van der Waals surface area contributed by atoms with Crippen molar-refractivity contribution in [2.75, 3.05) is 18.3 Å². The van der Waals surface area contributed by atoms with Crippen LogP contribution in [-0.4, -0.2) is 37.0 Å². The molecule has 0 bridgehead atoms. The molecule has 0 spiro atoms. The standard InChI is InChI=1S/C22H24N4O4/c1-14-21(28)26(16-7-5-4-6-8-16)25-19(24-14)20(27)23-12-22(2,3)15-9-10-17-18(11-15)30-13-29-17/h4-11,14H,12-13H2,1-3H3,(H,23,27)(H,24,25)/t14-/m0/s1. The molecule has 2 aromatic carbocycles. The molecule has 30 heavy (non-hydrogen) atoms. The summed E-state index contributed by atoms with van der Waals surface area (Å²) < 4.78 is 10.8. The van der Waals surface area contributed by atoms with Gasteiger partial charge in [-0.15, -0.1) is 0 Å². The van der Waals surface area contributed by atoms with E-state index in [9.17, 15) is 9.59 Å². The lowest BCUT2D eigenvalue weighted by Crippen LogP contribution is -2.58. The van der Waals surface area contributed by atoms with Crippen molar-refractivity contribution in [1.82, 2.24) is 10.7 Å². The second kappa shape index (κ2) is 7.70. The molecule has 0 aliphatic carbocycles. The molecule has 0 radical (unpaired) electrons. The third-order valence-corrected chi connectivity index (χ3v) is 5.19. The number of para-hydroxylation sites is 1.